The zero-order valence-electron chi connectivity index (χ0n) is 8.66. The Bertz CT molecular complexity index is 387. The van der Waals surface area contributed by atoms with Crippen LogP contribution in [0.2, 0.25) is 0 Å². The van der Waals surface area contributed by atoms with E-state index >= 15 is 0 Å². The van der Waals surface area contributed by atoms with E-state index in [1.165, 1.54) is 5.56 Å². The second kappa shape index (κ2) is 3.10. The van der Waals surface area contributed by atoms with E-state index in [4.69, 9.17) is 0 Å². The maximum Gasteiger partial charge on any atom is 0.248 e. The molecule has 1 amide bonds. The third kappa shape index (κ3) is 1.13. The lowest BCUT2D eigenvalue weighted by molar-refractivity contribution is -0.119. The molecule has 1 aromatic carbocycles. The highest BCUT2D eigenvalue weighted by atomic mass is 16.2. The molecule has 1 aliphatic rings. The molecule has 0 spiro atoms. The second-order valence-electron chi connectivity index (χ2n) is 3.68. The number of carbonyl (C=O) groups excluding carboxylic acids is 1. The number of fused-ring (bicyclic) bond motifs is 1. The zero-order chi connectivity index (χ0) is 10.3. The number of anilines is 1. The number of rotatable bonds is 1. The normalized spacial score (nSPS) is 20.1. The first-order chi connectivity index (χ1) is 6.65. The third-order valence-corrected chi connectivity index (χ3v) is 2.72. The molecule has 0 saturated carbocycles. The van der Waals surface area contributed by atoms with Gasteiger partial charge in [-0.1, -0.05) is 17.7 Å². The summed E-state index contributed by atoms with van der Waals surface area (Å²) >= 11 is 0. The van der Waals surface area contributed by atoms with Gasteiger partial charge in [0, 0.05) is 18.3 Å². The van der Waals surface area contributed by atoms with Crippen molar-refractivity contribution in [1.29, 1.82) is 0 Å². The third-order valence-electron chi connectivity index (χ3n) is 2.72. The van der Waals surface area contributed by atoms with Crippen LogP contribution >= 0.6 is 0 Å². The number of likely N-dealkylation sites (N-methyl/N-ethyl adjacent to an activating group) is 2. The van der Waals surface area contributed by atoms with Crippen molar-refractivity contribution in [3.8, 4) is 0 Å². The number of carbonyl (C=O) groups is 1. The fourth-order valence-electron chi connectivity index (χ4n) is 1.93. The fourth-order valence-corrected chi connectivity index (χ4v) is 1.93. The molecule has 0 radical (unpaired) electrons. The topological polar surface area (TPSA) is 32.3 Å². The number of benzene rings is 1. The summed E-state index contributed by atoms with van der Waals surface area (Å²) in [7, 11) is 3.63. The molecule has 1 N–H and O–H groups in total. The minimum Gasteiger partial charge on any atom is -0.313 e. The quantitative estimate of drug-likeness (QED) is 0.722. The van der Waals surface area contributed by atoms with Crippen LogP contribution in [0.5, 0.6) is 0 Å². The summed E-state index contributed by atoms with van der Waals surface area (Å²) in [5, 5.41) is 3.04. The van der Waals surface area contributed by atoms with Gasteiger partial charge in [0.25, 0.3) is 0 Å². The predicted molar refractivity (Wildman–Crippen MR) is 56.4 cm³/mol. The molecule has 0 fully saturated rings. The van der Waals surface area contributed by atoms with Crippen molar-refractivity contribution in [1.82, 2.24) is 5.32 Å². The maximum absolute atomic E-state index is 11.8. The molecule has 3 heteroatoms. The van der Waals surface area contributed by atoms with Crippen molar-refractivity contribution in [3.05, 3.63) is 29.3 Å². The van der Waals surface area contributed by atoms with Crippen LogP contribution in [0.25, 0.3) is 0 Å². The monoisotopic (exact) mass is 190 g/mol. The van der Waals surface area contributed by atoms with E-state index in [0.717, 1.165) is 11.3 Å². The van der Waals surface area contributed by atoms with E-state index in [1.54, 1.807) is 4.90 Å². The predicted octanol–water partition coefficient (Wildman–Crippen LogP) is 1.23. The van der Waals surface area contributed by atoms with E-state index in [1.807, 2.05) is 33.2 Å². The first-order valence-electron chi connectivity index (χ1n) is 4.70. The van der Waals surface area contributed by atoms with Crippen LogP contribution in [0, 0.1) is 6.92 Å². The Hall–Kier alpha value is -1.35. The molecule has 14 heavy (non-hydrogen) atoms. The highest BCUT2D eigenvalue weighted by Gasteiger charge is 2.33. The first kappa shape index (κ1) is 9.21. The van der Waals surface area contributed by atoms with Crippen molar-refractivity contribution in [3.63, 3.8) is 0 Å². The Morgan fingerprint density at radius 2 is 2.14 bits per heavy atom. The summed E-state index contributed by atoms with van der Waals surface area (Å²) in [5.74, 6) is 0.119. The van der Waals surface area contributed by atoms with Crippen molar-refractivity contribution in [2.24, 2.45) is 0 Å². The number of amides is 1. The average molecular weight is 190 g/mol. The van der Waals surface area contributed by atoms with Crippen LogP contribution in [0.1, 0.15) is 17.2 Å². The lowest BCUT2D eigenvalue weighted by Gasteiger charge is -2.09. The summed E-state index contributed by atoms with van der Waals surface area (Å²) in [6.07, 6.45) is 0. The average Bonchev–Trinajstić information content (AvgIpc) is 2.39. The summed E-state index contributed by atoms with van der Waals surface area (Å²) in [5.41, 5.74) is 3.28. The van der Waals surface area contributed by atoms with Gasteiger partial charge in [-0.25, -0.2) is 0 Å². The van der Waals surface area contributed by atoms with Gasteiger partial charge < -0.3 is 10.2 Å². The lowest BCUT2D eigenvalue weighted by Crippen LogP contribution is -2.30. The van der Waals surface area contributed by atoms with Gasteiger partial charge in [0.15, 0.2) is 0 Å². The van der Waals surface area contributed by atoms with Gasteiger partial charge in [-0.2, -0.15) is 0 Å². The molecule has 1 aliphatic heterocycles. The molecule has 3 nitrogen and oxygen atoms in total. The van der Waals surface area contributed by atoms with Crippen LogP contribution in [0.4, 0.5) is 5.69 Å². The molecule has 2 rings (SSSR count). The SMILES string of the molecule is CNC1C(=O)N(C)c2ccc(C)cc21. The molecule has 1 atom stereocenters. The minimum atomic E-state index is -0.171. The summed E-state index contributed by atoms with van der Waals surface area (Å²) in [6, 6.07) is 5.92. The van der Waals surface area contributed by atoms with Crippen molar-refractivity contribution in [2.45, 2.75) is 13.0 Å². The highest BCUT2D eigenvalue weighted by Crippen LogP contribution is 2.34. The second-order valence-corrected chi connectivity index (χ2v) is 3.68. The Morgan fingerprint density at radius 1 is 1.43 bits per heavy atom. The molecule has 74 valence electrons. The fraction of sp³-hybridized carbons (Fsp3) is 0.364. The van der Waals surface area contributed by atoms with E-state index in [9.17, 15) is 4.79 Å². The van der Waals surface area contributed by atoms with Gasteiger partial charge in [-0.05, 0) is 20.0 Å². The molecular formula is C11H14N2O. The van der Waals surface area contributed by atoms with Crippen molar-refractivity contribution < 1.29 is 4.79 Å². The number of nitrogens with zero attached hydrogens (tertiary/aromatic N) is 1. The maximum atomic E-state index is 11.8. The molecule has 1 aromatic rings. The Balaban J connectivity index is 2.56. The number of nitrogens with one attached hydrogen (secondary N) is 1. The molecule has 0 bridgehead atoms. The van der Waals surface area contributed by atoms with Gasteiger partial charge in [-0.3, -0.25) is 4.79 Å². The zero-order valence-corrected chi connectivity index (χ0v) is 8.66. The van der Waals surface area contributed by atoms with Gasteiger partial charge in [0.2, 0.25) is 5.91 Å². The van der Waals surface area contributed by atoms with Gasteiger partial charge in [0.05, 0.1) is 0 Å². The van der Waals surface area contributed by atoms with Crippen LogP contribution in [0.15, 0.2) is 18.2 Å². The lowest BCUT2D eigenvalue weighted by atomic mass is 10.1. The summed E-state index contributed by atoms with van der Waals surface area (Å²) in [4.78, 5) is 13.5. The smallest absolute Gasteiger partial charge is 0.248 e. The number of hydrogen-bond acceptors (Lipinski definition) is 2. The highest BCUT2D eigenvalue weighted by molar-refractivity contribution is 6.04. The van der Waals surface area contributed by atoms with E-state index in [2.05, 4.69) is 11.4 Å². The Kier molecular flexibility index (Phi) is 2.04. The van der Waals surface area contributed by atoms with Gasteiger partial charge in [-0.15, -0.1) is 0 Å². The van der Waals surface area contributed by atoms with Crippen LogP contribution in [-0.4, -0.2) is 20.0 Å². The van der Waals surface area contributed by atoms with Crippen LogP contribution in [-0.2, 0) is 4.79 Å². The molecule has 1 unspecified atom stereocenters. The van der Waals surface area contributed by atoms with E-state index in [0.29, 0.717) is 0 Å². The van der Waals surface area contributed by atoms with Crippen molar-refractivity contribution >= 4 is 11.6 Å². The molecule has 0 saturated heterocycles. The summed E-state index contributed by atoms with van der Waals surface area (Å²) < 4.78 is 0. The van der Waals surface area contributed by atoms with Gasteiger partial charge >= 0.3 is 0 Å². The Labute approximate surface area is 83.7 Å². The standard InChI is InChI=1S/C11H14N2O/c1-7-4-5-9-8(6-7)10(12-2)11(14)13(9)3/h4-6,10,12H,1-3H3. The number of aryl methyl sites for hydroxylation is 1. The first-order valence-corrected chi connectivity index (χ1v) is 4.70. The van der Waals surface area contributed by atoms with Crippen LogP contribution < -0.4 is 10.2 Å². The molecule has 1 heterocycles. The molecule has 0 aromatic heterocycles. The summed E-state index contributed by atoms with van der Waals surface area (Å²) in [6.45, 7) is 2.04. The van der Waals surface area contributed by atoms with Gasteiger partial charge in [0.1, 0.15) is 6.04 Å². The molecule has 0 aliphatic carbocycles. The van der Waals surface area contributed by atoms with Crippen molar-refractivity contribution in [2.75, 3.05) is 19.0 Å². The van der Waals surface area contributed by atoms with E-state index < -0.39 is 0 Å². The van der Waals surface area contributed by atoms with E-state index in [-0.39, 0.29) is 11.9 Å². The minimum absolute atomic E-state index is 0.119. The Morgan fingerprint density at radius 3 is 2.79 bits per heavy atom. The number of hydrogen-bond donors (Lipinski definition) is 1. The van der Waals surface area contributed by atoms with Crippen LogP contribution in [0.3, 0.4) is 0 Å². The molecular weight excluding hydrogens is 176 g/mol. The largest absolute Gasteiger partial charge is 0.313 e.